The van der Waals surface area contributed by atoms with Crippen LogP contribution >= 0.6 is 0 Å². The number of rotatable bonds is 46. The second-order valence-electron chi connectivity index (χ2n) is 18.1. The summed E-state index contributed by atoms with van der Waals surface area (Å²) in [6.45, 7) is 3.78. The van der Waals surface area contributed by atoms with Gasteiger partial charge in [-0.2, -0.15) is 8.42 Å². The predicted molar refractivity (Wildman–Crippen MR) is 289 cm³/mol. The second kappa shape index (κ2) is 47.7. The van der Waals surface area contributed by atoms with Crippen molar-refractivity contribution in [3.8, 4) is 0 Å². The molecule has 0 aromatic rings. The van der Waals surface area contributed by atoms with Crippen LogP contribution in [0.5, 0.6) is 0 Å². The van der Waals surface area contributed by atoms with Crippen molar-refractivity contribution < 1.29 is 56.2 Å². The molecule has 0 amide bonds. The van der Waals surface area contributed by atoms with Gasteiger partial charge < -0.3 is 34.3 Å². The summed E-state index contributed by atoms with van der Waals surface area (Å²) < 4.78 is 59.3. The molecule has 0 saturated carbocycles. The van der Waals surface area contributed by atoms with Gasteiger partial charge in [0, 0.05) is 13.0 Å². The van der Waals surface area contributed by atoms with Crippen molar-refractivity contribution in [2.45, 2.75) is 224 Å². The molecule has 406 valence electrons. The summed E-state index contributed by atoms with van der Waals surface area (Å²) in [5.74, 6) is -0.421. The van der Waals surface area contributed by atoms with E-state index in [9.17, 15) is 33.1 Å². The van der Waals surface area contributed by atoms with E-state index >= 15 is 0 Å². The number of unbranched alkanes of at least 4 members (excludes halogenated alkanes) is 15. The molecule has 12 nitrogen and oxygen atoms in total. The molecular weight excluding hydrogens is 921 g/mol. The van der Waals surface area contributed by atoms with Crippen LogP contribution in [0.15, 0.2) is 109 Å². The zero-order valence-corrected chi connectivity index (χ0v) is 44.6. The minimum absolute atomic E-state index is 0.00784. The first-order valence-corrected chi connectivity index (χ1v) is 28.5. The maximum Gasteiger partial charge on any atom is 0.397 e. The number of allylic oxidation sites excluding steroid dienone is 18. The van der Waals surface area contributed by atoms with E-state index in [0.29, 0.717) is 13.0 Å². The number of hydrogen-bond donors (Lipinski definition) is 4. The molecule has 0 aromatic heterocycles. The van der Waals surface area contributed by atoms with Crippen LogP contribution in [-0.4, -0.2) is 97.5 Å². The van der Waals surface area contributed by atoms with Crippen molar-refractivity contribution in [1.82, 2.24) is 0 Å². The predicted octanol–water partition coefficient (Wildman–Crippen LogP) is 13.1. The van der Waals surface area contributed by atoms with Crippen LogP contribution < -0.4 is 0 Å². The van der Waals surface area contributed by atoms with E-state index in [1.54, 1.807) is 0 Å². The van der Waals surface area contributed by atoms with Crippen molar-refractivity contribution in [3.63, 3.8) is 0 Å². The molecule has 6 atom stereocenters. The third-order valence-corrected chi connectivity index (χ3v) is 12.1. The third kappa shape index (κ3) is 40.9. The molecular formula is C58H96O12S. The van der Waals surface area contributed by atoms with Gasteiger partial charge in [0.25, 0.3) is 0 Å². The van der Waals surface area contributed by atoms with E-state index in [2.05, 4.69) is 127 Å². The lowest BCUT2D eigenvalue weighted by molar-refractivity contribution is -0.301. The fourth-order valence-electron chi connectivity index (χ4n) is 7.56. The van der Waals surface area contributed by atoms with Crippen molar-refractivity contribution in [2.75, 3.05) is 26.4 Å². The summed E-state index contributed by atoms with van der Waals surface area (Å²) in [6, 6.07) is 0. The van der Waals surface area contributed by atoms with Gasteiger partial charge in [0.05, 0.1) is 19.8 Å². The first-order chi connectivity index (χ1) is 34.6. The molecule has 1 fully saturated rings. The van der Waals surface area contributed by atoms with Gasteiger partial charge >= 0.3 is 16.4 Å². The molecule has 1 rings (SSSR count). The van der Waals surface area contributed by atoms with Crippen LogP contribution in [0, 0.1) is 0 Å². The Labute approximate surface area is 430 Å². The molecule has 1 aliphatic heterocycles. The van der Waals surface area contributed by atoms with Gasteiger partial charge in [0.1, 0.15) is 30.5 Å². The van der Waals surface area contributed by atoms with Gasteiger partial charge in [-0.3, -0.25) is 9.35 Å². The average Bonchev–Trinajstić information content (AvgIpc) is 3.35. The fraction of sp³-hybridized carbons (Fsp3) is 0.672. The highest BCUT2D eigenvalue weighted by Crippen LogP contribution is 2.26. The Balaban J connectivity index is 2.38. The summed E-state index contributed by atoms with van der Waals surface area (Å²) in [6.07, 6.45) is 58.3. The number of aliphatic hydroxyl groups excluding tert-OH is 3. The molecule has 1 aliphatic rings. The quantitative estimate of drug-likeness (QED) is 0.0197. The highest BCUT2D eigenvalue weighted by atomic mass is 32.3. The van der Waals surface area contributed by atoms with Crippen molar-refractivity contribution >= 4 is 16.4 Å². The summed E-state index contributed by atoms with van der Waals surface area (Å²) in [7, 11) is -5.08. The van der Waals surface area contributed by atoms with Gasteiger partial charge in [-0.05, 0) is 103 Å². The molecule has 1 saturated heterocycles. The normalized spacial score (nSPS) is 19.9. The Morgan fingerprint density at radius 2 is 0.972 bits per heavy atom. The molecule has 0 aromatic carbocycles. The molecule has 71 heavy (non-hydrogen) atoms. The first kappa shape index (κ1) is 65.8. The third-order valence-electron chi connectivity index (χ3n) is 11.6. The van der Waals surface area contributed by atoms with Gasteiger partial charge in [-0.1, -0.05) is 187 Å². The van der Waals surface area contributed by atoms with Crippen molar-refractivity contribution in [1.29, 1.82) is 0 Å². The molecule has 4 N–H and O–H groups in total. The fourth-order valence-corrected chi connectivity index (χ4v) is 8.07. The minimum atomic E-state index is -5.08. The van der Waals surface area contributed by atoms with Crippen LogP contribution in [0.3, 0.4) is 0 Å². The SMILES string of the molecule is CC/C=C\C/C=C\C/C=C\C/C=C\C/C=C\C/C=C\C/C=C\CCCCCCOCC(COC1OC(CO)C(O)C(OS(=O)(=O)O)C1O)OC(=O)CCCCCCCCC/C=C\C/C=C\CCCCCC. The maximum absolute atomic E-state index is 12.9. The zero-order chi connectivity index (χ0) is 51.7. The first-order valence-electron chi connectivity index (χ1n) is 27.1. The Morgan fingerprint density at radius 1 is 0.549 bits per heavy atom. The van der Waals surface area contributed by atoms with Crippen LogP contribution in [0.4, 0.5) is 0 Å². The Kier molecular flexibility index (Phi) is 44.2. The number of esters is 1. The minimum Gasteiger partial charge on any atom is -0.457 e. The number of ether oxygens (including phenoxy) is 4. The average molecular weight is 1020 g/mol. The largest absolute Gasteiger partial charge is 0.457 e. The van der Waals surface area contributed by atoms with E-state index in [4.69, 9.17) is 18.9 Å². The molecule has 0 aliphatic carbocycles. The number of carbonyl (C=O) groups excluding carboxylic acids is 1. The summed E-state index contributed by atoms with van der Waals surface area (Å²) in [4.78, 5) is 12.9. The Hall–Kier alpha value is -3.24. The van der Waals surface area contributed by atoms with Crippen LogP contribution in [-0.2, 0) is 38.3 Å². The standard InChI is InChI=1S/C58H96O12S/c1-3-5-7-9-11-13-15-17-19-21-23-24-25-26-27-28-29-30-32-34-36-38-40-42-44-46-48-66-50-52(51-67-58-56(62)57(70-71(63,64)65)55(61)53(49-59)69-58)68-54(60)47-45-43-41-39-37-35-33-31-22-20-18-16-14-12-10-8-6-4-2/h5,7,11,13-14,16-17,19-20,22-24,26-27,29-30,34,36,52-53,55-59,61-62H,3-4,6,8-10,12,15,18,21,25,28,31-33,35,37-51H2,1-2H3,(H,63,64,65)/b7-5-,13-11-,16-14-,19-17-,22-20-,24-23-,27-26-,30-29-,36-34-. The molecule has 1 heterocycles. The maximum atomic E-state index is 12.9. The van der Waals surface area contributed by atoms with Crippen molar-refractivity contribution in [3.05, 3.63) is 109 Å². The van der Waals surface area contributed by atoms with E-state index in [0.717, 1.165) is 116 Å². The molecule has 0 spiro atoms. The van der Waals surface area contributed by atoms with Gasteiger partial charge in [0.2, 0.25) is 0 Å². The zero-order valence-electron chi connectivity index (χ0n) is 43.7. The monoisotopic (exact) mass is 1020 g/mol. The van der Waals surface area contributed by atoms with Gasteiger partial charge in [-0.15, -0.1) is 0 Å². The number of aliphatic hydroxyl groups is 3. The summed E-state index contributed by atoms with van der Waals surface area (Å²) in [5, 5.41) is 30.8. The number of carbonyl (C=O) groups is 1. The van der Waals surface area contributed by atoms with E-state index in [1.807, 2.05) is 0 Å². The lowest BCUT2D eigenvalue weighted by Gasteiger charge is -2.41. The molecule has 13 heteroatoms. The molecule has 0 bridgehead atoms. The Morgan fingerprint density at radius 3 is 1.42 bits per heavy atom. The van der Waals surface area contributed by atoms with Crippen LogP contribution in [0.1, 0.15) is 187 Å². The van der Waals surface area contributed by atoms with E-state index in [1.165, 1.54) is 44.9 Å². The second-order valence-corrected chi connectivity index (χ2v) is 19.1. The Bertz CT molecular complexity index is 1650. The van der Waals surface area contributed by atoms with Crippen LogP contribution in [0.2, 0.25) is 0 Å². The lowest BCUT2D eigenvalue weighted by Crippen LogP contribution is -2.60. The van der Waals surface area contributed by atoms with Crippen LogP contribution in [0.25, 0.3) is 0 Å². The molecule has 0 radical (unpaired) electrons. The number of hydrogen-bond acceptors (Lipinski definition) is 11. The van der Waals surface area contributed by atoms with Gasteiger partial charge in [-0.25, -0.2) is 4.18 Å². The van der Waals surface area contributed by atoms with E-state index < -0.39 is 59.8 Å². The highest BCUT2D eigenvalue weighted by Gasteiger charge is 2.48. The smallest absolute Gasteiger partial charge is 0.397 e. The summed E-state index contributed by atoms with van der Waals surface area (Å²) >= 11 is 0. The molecule has 6 unspecified atom stereocenters. The lowest BCUT2D eigenvalue weighted by atomic mass is 9.99. The highest BCUT2D eigenvalue weighted by molar-refractivity contribution is 7.80. The van der Waals surface area contributed by atoms with Crippen molar-refractivity contribution in [2.24, 2.45) is 0 Å². The van der Waals surface area contributed by atoms with E-state index in [-0.39, 0.29) is 19.6 Å². The topological polar surface area (TPSA) is 178 Å². The summed E-state index contributed by atoms with van der Waals surface area (Å²) in [5.41, 5.74) is 0. The van der Waals surface area contributed by atoms with Gasteiger partial charge in [0.15, 0.2) is 6.29 Å².